The Morgan fingerprint density at radius 3 is 2.15 bits per heavy atom. The normalized spacial score (nSPS) is 14.2. The van der Waals surface area contributed by atoms with Crippen molar-refractivity contribution in [3.8, 4) is 5.75 Å². The molecule has 1 fully saturated rings. The Hall–Kier alpha value is -3.41. The fraction of sp³-hybridized carbons (Fsp3) is 0.345. The molecular weight excluding hydrogens is 550 g/mol. The van der Waals surface area contributed by atoms with Crippen LogP contribution in [-0.2, 0) is 31.3 Å². The number of amides is 1. The third-order valence-corrected chi connectivity index (χ3v) is 10.2. The molecule has 1 heterocycles. The van der Waals surface area contributed by atoms with Crippen molar-refractivity contribution in [2.24, 2.45) is 0 Å². The fourth-order valence-corrected chi connectivity index (χ4v) is 7.07. The van der Waals surface area contributed by atoms with E-state index in [0.717, 1.165) is 29.5 Å². The van der Waals surface area contributed by atoms with Crippen LogP contribution in [0.2, 0.25) is 0 Å². The second-order valence-electron chi connectivity index (χ2n) is 9.98. The number of ether oxygens (including phenoxy) is 1. The summed E-state index contributed by atoms with van der Waals surface area (Å²) < 4.78 is 60.7. The molecule has 9 nitrogen and oxygen atoms in total. The van der Waals surface area contributed by atoms with Gasteiger partial charge in [0.05, 0.1) is 9.79 Å². The molecule has 1 amide bonds. The van der Waals surface area contributed by atoms with E-state index in [1.54, 1.807) is 43.3 Å². The zero-order valence-electron chi connectivity index (χ0n) is 22.9. The predicted octanol–water partition coefficient (Wildman–Crippen LogP) is 3.93. The molecule has 3 aromatic rings. The first-order chi connectivity index (χ1) is 19.0. The molecule has 0 aromatic heterocycles. The molecule has 11 heteroatoms. The molecule has 0 atom stereocenters. The second kappa shape index (κ2) is 12.4. The van der Waals surface area contributed by atoms with E-state index in [4.69, 9.17) is 4.74 Å². The van der Waals surface area contributed by atoms with E-state index in [0.29, 0.717) is 43.1 Å². The second-order valence-corrected chi connectivity index (χ2v) is 13.6. The van der Waals surface area contributed by atoms with E-state index in [1.807, 2.05) is 19.9 Å². The topological polar surface area (TPSA) is 122 Å². The number of nitrogens with zero attached hydrogens (tertiary/aromatic N) is 1. The van der Waals surface area contributed by atoms with Gasteiger partial charge in [-0.1, -0.05) is 18.2 Å². The van der Waals surface area contributed by atoms with E-state index >= 15 is 0 Å². The zero-order chi connectivity index (χ0) is 28.9. The summed E-state index contributed by atoms with van der Waals surface area (Å²) >= 11 is 0. The summed E-state index contributed by atoms with van der Waals surface area (Å²) in [6.07, 6.45) is 2.31. The number of carbonyl (C=O) groups excluding carboxylic acids is 1. The highest BCUT2D eigenvalue weighted by molar-refractivity contribution is 7.92. The lowest BCUT2D eigenvalue weighted by atomic mass is 10.1. The molecule has 0 unspecified atom stereocenters. The van der Waals surface area contributed by atoms with Crippen LogP contribution in [0.3, 0.4) is 0 Å². The molecule has 40 heavy (non-hydrogen) atoms. The average Bonchev–Trinajstić information content (AvgIpc) is 3.46. The predicted molar refractivity (Wildman–Crippen MR) is 155 cm³/mol. The Balaban J connectivity index is 1.25. The van der Waals surface area contributed by atoms with E-state index < -0.39 is 20.0 Å². The van der Waals surface area contributed by atoms with E-state index in [9.17, 15) is 21.6 Å². The number of sulfonamides is 2. The van der Waals surface area contributed by atoms with Crippen LogP contribution in [0, 0.1) is 20.8 Å². The lowest BCUT2D eigenvalue weighted by Crippen LogP contribution is -2.30. The van der Waals surface area contributed by atoms with Crippen LogP contribution in [0.15, 0.2) is 70.5 Å². The first-order valence-corrected chi connectivity index (χ1v) is 16.1. The first-order valence-electron chi connectivity index (χ1n) is 13.1. The third-order valence-electron chi connectivity index (χ3n) is 6.94. The molecule has 0 saturated carbocycles. The number of hydrogen-bond donors (Lipinski definition) is 2. The summed E-state index contributed by atoms with van der Waals surface area (Å²) in [5, 5.41) is 2.79. The van der Waals surface area contributed by atoms with Crippen molar-refractivity contribution in [3.05, 3.63) is 82.9 Å². The molecule has 0 aliphatic carbocycles. The minimum atomic E-state index is -3.79. The third kappa shape index (κ3) is 7.21. The van der Waals surface area contributed by atoms with Crippen LogP contribution in [-0.4, -0.2) is 53.3 Å². The van der Waals surface area contributed by atoms with Crippen LogP contribution in [0.5, 0.6) is 5.75 Å². The number of anilines is 1. The van der Waals surface area contributed by atoms with Gasteiger partial charge < -0.3 is 10.1 Å². The Bertz CT molecular complexity index is 1580. The molecule has 0 bridgehead atoms. The molecule has 2 N–H and O–H groups in total. The molecule has 1 aliphatic heterocycles. The van der Waals surface area contributed by atoms with E-state index in [2.05, 4.69) is 10.0 Å². The van der Waals surface area contributed by atoms with Crippen molar-refractivity contribution in [3.63, 3.8) is 0 Å². The van der Waals surface area contributed by atoms with Gasteiger partial charge in [-0.15, -0.1) is 0 Å². The van der Waals surface area contributed by atoms with Gasteiger partial charge in [0.2, 0.25) is 10.0 Å². The molecule has 0 spiro atoms. The van der Waals surface area contributed by atoms with Crippen molar-refractivity contribution < 1.29 is 26.4 Å². The van der Waals surface area contributed by atoms with Crippen molar-refractivity contribution >= 4 is 31.6 Å². The molecule has 214 valence electrons. The Kier molecular flexibility index (Phi) is 9.17. The lowest BCUT2D eigenvalue weighted by Gasteiger charge is -2.15. The standard InChI is InChI=1S/C29H35N3O6S2/c1-21-6-9-25(18-22(21)2)31-39(34,35)27-12-13-28(23(3)19-27)38-20-29(33)30-15-14-24-7-10-26(11-8-24)40(36,37)32-16-4-5-17-32/h6-13,18-19,31H,4-5,14-17,20H2,1-3H3,(H,30,33). The van der Waals surface area contributed by atoms with Crippen molar-refractivity contribution in [2.45, 2.75) is 49.8 Å². The number of rotatable bonds is 11. The molecule has 0 radical (unpaired) electrons. The highest BCUT2D eigenvalue weighted by atomic mass is 32.2. The van der Waals surface area contributed by atoms with Gasteiger partial charge in [0.15, 0.2) is 6.61 Å². The number of nitrogens with one attached hydrogen (secondary N) is 2. The molecular formula is C29H35N3O6S2. The largest absolute Gasteiger partial charge is 0.484 e. The maximum Gasteiger partial charge on any atom is 0.261 e. The lowest BCUT2D eigenvalue weighted by molar-refractivity contribution is -0.123. The minimum Gasteiger partial charge on any atom is -0.484 e. The monoisotopic (exact) mass is 585 g/mol. The van der Waals surface area contributed by atoms with Crippen LogP contribution in [0.25, 0.3) is 0 Å². The number of hydrogen-bond acceptors (Lipinski definition) is 6. The summed E-state index contributed by atoms with van der Waals surface area (Å²) in [4.78, 5) is 12.7. The summed E-state index contributed by atoms with van der Waals surface area (Å²) in [5.74, 6) is 0.0933. The summed E-state index contributed by atoms with van der Waals surface area (Å²) in [6.45, 7) is 6.86. The highest BCUT2D eigenvalue weighted by Gasteiger charge is 2.26. The van der Waals surface area contributed by atoms with E-state index in [-0.39, 0.29) is 22.3 Å². The minimum absolute atomic E-state index is 0.0966. The maximum atomic E-state index is 12.8. The van der Waals surface area contributed by atoms with Gasteiger partial charge in [-0.25, -0.2) is 16.8 Å². The smallest absolute Gasteiger partial charge is 0.261 e. The summed E-state index contributed by atoms with van der Waals surface area (Å²) in [6, 6.07) is 16.6. The molecule has 1 aliphatic rings. The van der Waals surface area contributed by atoms with Gasteiger partial charge >= 0.3 is 0 Å². The molecule has 1 saturated heterocycles. The summed E-state index contributed by atoms with van der Waals surface area (Å²) in [7, 11) is -7.23. The van der Waals surface area contributed by atoms with E-state index in [1.165, 1.54) is 22.5 Å². The van der Waals surface area contributed by atoms with Crippen LogP contribution >= 0.6 is 0 Å². The van der Waals surface area contributed by atoms with Crippen molar-refractivity contribution in [1.29, 1.82) is 0 Å². The fourth-order valence-electron chi connectivity index (χ4n) is 4.42. The maximum absolute atomic E-state index is 12.8. The molecule has 3 aromatic carbocycles. The van der Waals surface area contributed by atoms with Crippen LogP contribution in [0.4, 0.5) is 5.69 Å². The summed E-state index contributed by atoms with van der Waals surface area (Å²) in [5.41, 5.74) is 4.03. The van der Waals surface area contributed by atoms with Gasteiger partial charge in [0, 0.05) is 25.3 Å². The Morgan fingerprint density at radius 1 is 0.825 bits per heavy atom. The van der Waals surface area contributed by atoms with Gasteiger partial charge in [-0.2, -0.15) is 4.31 Å². The van der Waals surface area contributed by atoms with Crippen molar-refractivity contribution in [1.82, 2.24) is 9.62 Å². The van der Waals surface area contributed by atoms with Gasteiger partial charge in [0.1, 0.15) is 5.75 Å². The van der Waals surface area contributed by atoms with Gasteiger partial charge in [0.25, 0.3) is 15.9 Å². The van der Waals surface area contributed by atoms with Crippen LogP contribution in [0.1, 0.15) is 35.1 Å². The molecule has 4 rings (SSSR count). The Morgan fingerprint density at radius 2 is 1.50 bits per heavy atom. The highest BCUT2D eigenvalue weighted by Crippen LogP contribution is 2.25. The van der Waals surface area contributed by atoms with Gasteiger partial charge in [-0.05, 0) is 105 Å². The SMILES string of the molecule is Cc1ccc(NS(=O)(=O)c2ccc(OCC(=O)NCCc3ccc(S(=O)(=O)N4CCCC4)cc3)c(C)c2)cc1C. The van der Waals surface area contributed by atoms with Gasteiger partial charge in [-0.3, -0.25) is 9.52 Å². The number of carbonyl (C=O) groups is 1. The quantitative estimate of drug-likeness (QED) is 0.352. The van der Waals surface area contributed by atoms with Crippen molar-refractivity contribution in [2.75, 3.05) is 31.0 Å². The number of benzene rings is 3. The zero-order valence-corrected chi connectivity index (χ0v) is 24.6. The number of aryl methyl sites for hydroxylation is 3. The average molecular weight is 586 g/mol. The first kappa shape index (κ1) is 29.6. The van der Waals surface area contributed by atoms with Crippen LogP contribution < -0.4 is 14.8 Å². The Labute approximate surface area is 236 Å².